The zero-order valence-corrected chi connectivity index (χ0v) is 15.3. The molecule has 0 aromatic heterocycles. The van der Waals surface area contributed by atoms with Gasteiger partial charge in [0.1, 0.15) is 0 Å². The average molecular weight is 351 g/mol. The molecule has 5 nitrogen and oxygen atoms in total. The van der Waals surface area contributed by atoms with Crippen LogP contribution in [0.25, 0.3) is 0 Å². The lowest BCUT2D eigenvalue weighted by molar-refractivity contribution is -0.120. The monoisotopic (exact) mass is 351 g/mol. The van der Waals surface area contributed by atoms with Gasteiger partial charge in [0, 0.05) is 37.4 Å². The Morgan fingerprint density at radius 2 is 1.54 bits per heavy atom. The molecule has 0 unspecified atom stereocenters. The maximum absolute atomic E-state index is 12.7. The number of amides is 1. The van der Waals surface area contributed by atoms with Crippen LogP contribution >= 0.6 is 0 Å². The summed E-state index contributed by atoms with van der Waals surface area (Å²) in [5.41, 5.74) is 2.35. The molecule has 0 radical (unpaired) electrons. The van der Waals surface area contributed by atoms with E-state index in [4.69, 9.17) is 0 Å². The van der Waals surface area contributed by atoms with Crippen LogP contribution < -0.4 is 10.2 Å². The van der Waals surface area contributed by atoms with Gasteiger partial charge in [-0.15, -0.1) is 0 Å². The quantitative estimate of drug-likeness (QED) is 0.842. The molecule has 1 N–H and O–H groups in total. The molecule has 26 heavy (non-hydrogen) atoms. The van der Waals surface area contributed by atoms with Gasteiger partial charge in [-0.3, -0.25) is 14.5 Å². The molecule has 0 bridgehead atoms. The fraction of sp³-hybridized carbons (Fsp3) is 0.333. The number of hydrogen-bond acceptors (Lipinski definition) is 4. The highest BCUT2D eigenvalue weighted by Crippen LogP contribution is 2.19. The van der Waals surface area contributed by atoms with E-state index in [9.17, 15) is 9.59 Å². The van der Waals surface area contributed by atoms with E-state index < -0.39 is 0 Å². The summed E-state index contributed by atoms with van der Waals surface area (Å²) >= 11 is 0. The molecule has 3 rings (SSSR count). The van der Waals surface area contributed by atoms with Crippen molar-refractivity contribution in [1.29, 1.82) is 0 Å². The molecule has 1 fully saturated rings. The molecule has 1 atom stereocenters. The minimum absolute atomic E-state index is 0.0509. The Hall–Kier alpha value is -2.66. The van der Waals surface area contributed by atoms with Gasteiger partial charge in [-0.2, -0.15) is 0 Å². The third kappa shape index (κ3) is 4.11. The Morgan fingerprint density at radius 3 is 2.19 bits per heavy atom. The van der Waals surface area contributed by atoms with Crippen molar-refractivity contribution >= 4 is 23.1 Å². The van der Waals surface area contributed by atoms with Gasteiger partial charge in [0.2, 0.25) is 5.91 Å². The number of nitrogens with zero attached hydrogens (tertiary/aromatic N) is 2. The molecule has 0 aliphatic carbocycles. The summed E-state index contributed by atoms with van der Waals surface area (Å²) in [5, 5.41) is 2.92. The Bertz CT molecular complexity index is 768. The van der Waals surface area contributed by atoms with Crippen LogP contribution in [0, 0.1) is 0 Å². The third-order valence-corrected chi connectivity index (χ3v) is 4.93. The average Bonchev–Trinajstić information content (AvgIpc) is 2.68. The van der Waals surface area contributed by atoms with Gasteiger partial charge in [-0.1, -0.05) is 30.3 Å². The molecular formula is C21H25N3O2. The number of carbonyl (C=O) groups is 2. The Labute approximate surface area is 154 Å². The van der Waals surface area contributed by atoms with Crippen molar-refractivity contribution in [3.05, 3.63) is 60.2 Å². The summed E-state index contributed by atoms with van der Waals surface area (Å²) in [6.45, 7) is 6.88. The predicted octanol–water partition coefficient (Wildman–Crippen LogP) is 3.04. The molecule has 1 saturated heterocycles. The van der Waals surface area contributed by atoms with E-state index in [1.54, 1.807) is 18.2 Å². The van der Waals surface area contributed by atoms with Gasteiger partial charge in [-0.05, 0) is 38.1 Å². The predicted molar refractivity (Wildman–Crippen MR) is 105 cm³/mol. The number of hydrogen-bond donors (Lipinski definition) is 1. The molecule has 2 aromatic carbocycles. The van der Waals surface area contributed by atoms with E-state index in [-0.39, 0.29) is 17.7 Å². The van der Waals surface area contributed by atoms with Gasteiger partial charge in [0.15, 0.2) is 5.78 Å². The second-order valence-electron chi connectivity index (χ2n) is 6.63. The SMILES string of the molecule is CC(=O)c1ccccc1NC(=O)[C@H](C)N1CCN(c2ccccc2)CC1. The van der Waals surface area contributed by atoms with E-state index in [0.29, 0.717) is 11.3 Å². The molecule has 1 heterocycles. The maximum Gasteiger partial charge on any atom is 0.241 e. The smallest absolute Gasteiger partial charge is 0.241 e. The number of Topliss-reactive ketones (excluding diaryl/α,β-unsaturated/α-hetero) is 1. The van der Waals surface area contributed by atoms with Crippen LogP contribution in [-0.4, -0.2) is 48.8 Å². The van der Waals surface area contributed by atoms with Crippen LogP contribution in [0.4, 0.5) is 11.4 Å². The number of anilines is 2. The lowest BCUT2D eigenvalue weighted by Gasteiger charge is -2.38. The van der Waals surface area contributed by atoms with E-state index in [0.717, 1.165) is 26.2 Å². The minimum Gasteiger partial charge on any atom is -0.369 e. The van der Waals surface area contributed by atoms with Crippen molar-refractivity contribution in [2.45, 2.75) is 19.9 Å². The van der Waals surface area contributed by atoms with E-state index in [1.165, 1.54) is 12.6 Å². The summed E-state index contributed by atoms with van der Waals surface area (Å²) in [5.74, 6) is -0.128. The molecule has 136 valence electrons. The van der Waals surface area contributed by atoms with E-state index >= 15 is 0 Å². The highest BCUT2D eigenvalue weighted by atomic mass is 16.2. The molecule has 0 spiro atoms. The largest absolute Gasteiger partial charge is 0.369 e. The van der Waals surface area contributed by atoms with Crippen molar-refractivity contribution in [3.8, 4) is 0 Å². The Balaban J connectivity index is 1.59. The summed E-state index contributed by atoms with van der Waals surface area (Å²) in [7, 11) is 0. The number of benzene rings is 2. The summed E-state index contributed by atoms with van der Waals surface area (Å²) in [4.78, 5) is 28.9. The fourth-order valence-corrected chi connectivity index (χ4v) is 3.31. The second kappa shape index (κ2) is 8.15. The lowest BCUT2D eigenvalue weighted by Crippen LogP contribution is -2.52. The molecule has 1 aliphatic heterocycles. The Kier molecular flexibility index (Phi) is 5.68. The molecule has 2 aromatic rings. The normalized spacial score (nSPS) is 16.2. The molecule has 1 amide bonds. The highest BCUT2D eigenvalue weighted by molar-refractivity contribution is 6.04. The standard InChI is InChI=1S/C21H25N3O2/c1-16(21(26)22-20-11-7-6-10-19(20)17(2)25)23-12-14-24(15-13-23)18-8-4-3-5-9-18/h3-11,16H,12-15H2,1-2H3,(H,22,26)/t16-/m0/s1. The molecule has 1 aliphatic rings. The number of nitrogens with one attached hydrogen (secondary N) is 1. The lowest BCUT2D eigenvalue weighted by atomic mass is 10.1. The fourth-order valence-electron chi connectivity index (χ4n) is 3.31. The third-order valence-electron chi connectivity index (χ3n) is 4.93. The first-order valence-electron chi connectivity index (χ1n) is 9.01. The van der Waals surface area contributed by atoms with Crippen molar-refractivity contribution in [3.63, 3.8) is 0 Å². The van der Waals surface area contributed by atoms with Crippen LogP contribution in [-0.2, 0) is 4.79 Å². The van der Waals surface area contributed by atoms with Crippen molar-refractivity contribution in [1.82, 2.24) is 4.90 Å². The van der Waals surface area contributed by atoms with Crippen LogP contribution in [0.2, 0.25) is 0 Å². The van der Waals surface area contributed by atoms with Crippen molar-refractivity contribution in [2.24, 2.45) is 0 Å². The van der Waals surface area contributed by atoms with Crippen LogP contribution in [0.5, 0.6) is 0 Å². The van der Waals surface area contributed by atoms with E-state index in [1.807, 2.05) is 31.2 Å². The van der Waals surface area contributed by atoms with Gasteiger partial charge >= 0.3 is 0 Å². The number of ketones is 1. The van der Waals surface area contributed by atoms with Crippen molar-refractivity contribution < 1.29 is 9.59 Å². The maximum atomic E-state index is 12.7. The molecule has 5 heteroatoms. The van der Waals surface area contributed by atoms with Gasteiger partial charge in [0.05, 0.1) is 11.7 Å². The highest BCUT2D eigenvalue weighted by Gasteiger charge is 2.26. The second-order valence-corrected chi connectivity index (χ2v) is 6.63. The van der Waals surface area contributed by atoms with Gasteiger partial charge in [-0.25, -0.2) is 0 Å². The number of para-hydroxylation sites is 2. The molecular weight excluding hydrogens is 326 g/mol. The first kappa shape index (κ1) is 18.1. The Morgan fingerprint density at radius 1 is 0.923 bits per heavy atom. The number of carbonyl (C=O) groups excluding carboxylic acids is 2. The van der Waals surface area contributed by atoms with Crippen LogP contribution in [0.15, 0.2) is 54.6 Å². The van der Waals surface area contributed by atoms with E-state index in [2.05, 4.69) is 27.2 Å². The van der Waals surface area contributed by atoms with Crippen LogP contribution in [0.1, 0.15) is 24.2 Å². The summed E-state index contributed by atoms with van der Waals surface area (Å²) in [6, 6.07) is 17.2. The topological polar surface area (TPSA) is 52.7 Å². The zero-order valence-electron chi connectivity index (χ0n) is 15.3. The first-order chi connectivity index (χ1) is 12.6. The number of piperazine rings is 1. The minimum atomic E-state index is -0.243. The van der Waals surface area contributed by atoms with Gasteiger partial charge < -0.3 is 10.2 Å². The van der Waals surface area contributed by atoms with Crippen molar-refractivity contribution in [2.75, 3.05) is 36.4 Å². The molecule has 0 saturated carbocycles. The first-order valence-corrected chi connectivity index (χ1v) is 9.01. The van der Waals surface area contributed by atoms with Gasteiger partial charge in [0.25, 0.3) is 0 Å². The zero-order chi connectivity index (χ0) is 18.5. The van der Waals surface area contributed by atoms with Crippen LogP contribution in [0.3, 0.4) is 0 Å². The number of rotatable bonds is 5. The summed E-state index contributed by atoms with van der Waals surface area (Å²) in [6.07, 6.45) is 0. The summed E-state index contributed by atoms with van der Waals surface area (Å²) < 4.78 is 0.